The van der Waals surface area contributed by atoms with Crippen molar-refractivity contribution in [3.05, 3.63) is 35.8 Å². The number of nitrogens with zero attached hydrogens (tertiary/aromatic N) is 1. The zero-order chi connectivity index (χ0) is 13.4. The van der Waals surface area contributed by atoms with Gasteiger partial charge in [-0.3, -0.25) is 0 Å². The van der Waals surface area contributed by atoms with E-state index in [1.54, 1.807) is 12.1 Å². The number of hydrogen-bond acceptors (Lipinski definition) is 4. The summed E-state index contributed by atoms with van der Waals surface area (Å²) in [6.45, 7) is 2.31. The largest absolute Gasteiger partial charge is 0.456 e. The first-order valence-electron chi connectivity index (χ1n) is 6.39. The minimum atomic E-state index is -0.380. The van der Waals surface area contributed by atoms with E-state index in [0.29, 0.717) is 12.4 Å². The Hall–Kier alpha value is -1.43. The van der Waals surface area contributed by atoms with E-state index in [4.69, 9.17) is 14.9 Å². The number of para-hydroxylation sites is 1. The maximum Gasteiger partial charge on any atom is 0.169 e. The molecule has 1 aromatic carbocycles. The van der Waals surface area contributed by atoms with E-state index in [1.165, 1.54) is 6.07 Å². The quantitative estimate of drug-likeness (QED) is 0.900. The van der Waals surface area contributed by atoms with Crippen LogP contribution in [0.1, 0.15) is 11.8 Å². The van der Waals surface area contributed by atoms with E-state index in [2.05, 4.69) is 4.90 Å². The third kappa shape index (κ3) is 2.36. The average Bonchev–Trinajstić information content (AvgIpc) is 2.83. The molecule has 0 spiro atoms. The van der Waals surface area contributed by atoms with Crippen LogP contribution in [-0.4, -0.2) is 37.7 Å². The second-order valence-electron chi connectivity index (χ2n) is 5.00. The van der Waals surface area contributed by atoms with Crippen LogP contribution in [0.15, 0.2) is 28.7 Å². The molecule has 1 aliphatic rings. The predicted molar refractivity (Wildman–Crippen MR) is 70.3 cm³/mol. The summed E-state index contributed by atoms with van der Waals surface area (Å²) in [6, 6.07) is 6.27. The molecule has 19 heavy (non-hydrogen) atoms. The SMILES string of the molecule is CN1CCOC(C(N)c2cc3cccc(F)c3o2)C1. The molecule has 102 valence electrons. The molecule has 2 heterocycles. The highest BCUT2D eigenvalue weighted by Gasteiger charge is 2.27. The van der Waals surface area contributed by atoms with E-state index in [1.807, 2.05) is 13.1 Å². The minimum Gasteiger partial charge on any atom is -0.456 e. The van der Waals surface area contributed by atoms with Gasteiger partial charge in [0.15, 0.2) is 11.4 Å². The number of likely N-dealkylation sites (N-methyl/N-ethyl adjacent to an activating group) is 1. The normalized spacial score (nSPS) is 22.8. The zero-order valence-corrected chi connectivity index (χ0v) is 10.8. The van der Waals surface area contributed by atoms with Gasteiger partial charge in [-0.15, -0.1) is 0 Å². The highest BCUT2D eigenvalue weighted by atomic mass is 19.1. The molecular formula is C14H17FN2O2. The van der Waals surface area contributed by atoms with Crippen LogP contribution in [0.25, 0.3) is 11.0 Å². The van der Waals surface area contributed by atoms with Crippen LogP contribution >= 0.6 is 0 Å². The summed E-state index contributed by atoms with van der Waals surface area (Å²) >= 11 is 0. The number of ether oxygens (including phenoxy) is 1. The predicted octanol–water partition coefficient (Wildman–Crippen LogP) is 1.90. The van der Waals surface area contributed by atoms with Gasteiger partial charge in [0.25, 0.3) is 0 Å². The minimum absolute atomic E-state index is 0.123. The standard InChI is InChI=1S/C14H17FN2O2/c1-17-5-6-18-12(8-17)13(16)11-7-9-3-2-4-10(15)14(9)19-11/h2-4,7,12-13H,5-6,8,16H2,1H3. The van der Waals surface area contributed by atoms with Gasteiger partial charge in [0.05, 0.1) is 18.8 Å². The third-order valence-electron chi connectivity index (χ3n) is 3.54. The van der Waals surface area contributed by atoms with Crippen LogP contribution in [0, 0.1) is 5.82 Å². The molecule has 0 aliphatic carbocycles. The maximum absolute atomic E-state index is 13.6. The van der Waals surface area contributed by atoms with Gasteiger partial charge < -0.3 is 19.8 Å². The number of benzene rings is 1. The molecule has 3 rings (SSSR count). The molecule has 0 amide bonds. The lowest BCUT2D eigenvalue weighted by molar-refractivity contribution is -0.0354. The monoisotopic (exact) mass is 264 g/mol. The zero-order valence-electron chi connectivity index (χ0n) is 10.8. The molecule has 0 bridgehead atoms. The Morgan fingerprint density at radius 3 is 3.05 bits per heavy atom. The van der Waals surface area contributed by atoms with Crippen molar-refractivity contribution in [1.82, 2.24) is 4.90 Å². The number of halogens is 1. The number of fused-ring (bicyclic) bond motifs is 1. The fourth-order valence-corrected chi connectivity index (χ4v) is 2.42. The highest BCUT2D eigenvalue weighted by molar-refractivity contribution is 5.78. The summed E-state index contributed by atoms with van der Waals surface area (Å²) in [6.07, 6.45) is -0.123. The van der Waals surface area contributed by atoms with Gasteiger partial charge in [0.1, 0.15) is 5.76 Å². The molecule has 5 heteroatoms. The summed E-state index contributed by atoms with van der Waals surface area (Å²) in [4.78, 5) is 2.16. The van der Waals surface area contributed by atoms with Crippen molar-refractivity contribution in [2.75, 3.05) is 26.7 Å². The van der Waals surface area contributed by atoms with Gasteiger partial charge in [-0.2, -0.15) is 0 Å². The molecule has 1 saturated heterocycles. The topological polar surface area (TPSA) is 51.6 Å². The lowest BCUT2D eigenvalue weighted by Gasteiger charge is -2.32. The Labute approximate surface area is 110 Å². The smallest absolute Gasteiger partial charge is 0.169 e. The fourth-order valence-electron chi connectivity index (χ4n) is 2.42. The molecule has 2 unspecified atom stereocenters. The summed E-state index contributed by atoms with van der Waals surface area (Å²) in [5.74, 6) is 0.207. The Morgan fingerprint density at radius 1 is 1.47 bits per heavy atom. The molecule has 0 radical (unpaired) electrons. The van der Waals surface area contributed by atoms with Gasteiger partial charge in [0, 0.05) is 18.5 Å². The Balaban J connectivity index is 1.88. The van der Waals surface area contributed by atoms with E-state index >= 15 is 0 Å². The van der Waals surface area contributed by atoms with Crippen molar-refractivity contribution >= 4 is 11.0 Å². The van der Waals surface area contributed by atoms with Crippen molar-refractivity contribution in [2.24, 2.45) is 5.73 Å². The number of hydrogen-bond donors (Lipinski definition) is 1. The second-order valence-corrected chi connectivity index (χ2v) is 5.00. The Kier molecular flexibility index (Phi) is 3.26. The molecule has 2 atom stereocenters. The number of rotatable bonds is 2. The van der Waals surface area contributed by atoms with Crippen LogP contribution < -0.4 is 5.73 Å². The van der Waals surface area contributed by atoms with Crippen LogP contribution in [0.5, 0.6) is 0 Å². The van der Waals surface area contributed by atoms with Gasteiger partial charge >= 0.3 is 0 Å². The summed E-state index contributed by atoms with van der Waals surface area (Å²) in [7, 11) is 2.03. The van der Waals surface area contributed by atoms with Gasteiger partial charge in [-0.05, 0) is 19.2 Å². The molecule has 1 fully saturated rings. The van der Waals surface area contributed by atoms with Crippen molar-refractivity contribution in [2.45, 2.75) is 12.1 Å². The Bertz CT molecular complexity index is 584. The van der Waals surface area contributed by atoms with Crippen LogP contribution in [0.2, 0.25) is 0 Å². The summed E-state index contributed by atoms with van der Waals surface area (Å²) < 4.78 is 24.8. The number of morpholine rings is 1. The van der Waals surface area contributed by atoms with Gasteiger partial charge in [-0.1, -0.05) is 12.1 Å². The molecule has 1 aliphatic heterocycles. The lowest BCUT2D eigenvalue weighted by Crippen LogP contribution is -2.45. The number of nitrogens with two attached hydrogens (primary N) is 1. The van der Waals surface area contributed by atoms with Crippen molar-refractivity contribution in [1.29, 1.82) is 0 Å². The van der Waals surface area contributed by atoms with Crippen molar-refractivity contribution < 1.29 is 13.5 Å². The molecule has 2 N–H and O–H groups in total. The van der Waals surface area contributed by atoms with Gasteiger partial charge in [-0.25, -0.2) is 4.39 Å². The first kappa shape index (κ1) is 12.6. The van der Waals surface area contributed by atoms with E-state index in [-0.39, 0.29) is 23.5 Å². The first-order chi connectivity index (χ1) is 9.15. The molecule has 4 nitrogen and oxygen atoms in total. The van der Waals surface area contributed by atoms with Crippen molar-refractivity contribution in [3.8, 4) is 0 Å². The molecular weight excluding hydrogens is 247 g/mol. The average molecular weight is 264 g/mol. The Morgan fingerprint density at radius 2 is 2.32 bits per heavy atom. The van der Waals surface area contributed by atoms with E-state index in [0.717, 1.165) is 18.5 Å². The van der Waals surface area contributed by atoms with Crippen LogP contribution in [0.4, 0.5) is 4.39 Å². The van der Waals surface area contributed by atoms with E-state index in [9.17, 15) is 4.39 Å². The summed E-state index contributed by atoms with van der Waals surface area (Å²) in [5.41, 5.74) is 6.44. The second kappa shape index (κ2) is 4.92. The van der Waals surface area contributed by atoms with Crippen molar-refractivity contribution in [3.63, 3.8) is 0 Å². The number of furan rings is 1. The first-order valence-corrected chi connectivity index (χ1v) is 6.39. The lowest BCUT2D eigenvalue weighted by atomic mass is 10.1. The summed E-state index contributed by atoms with van der Waals surface area (Å²) in [5, 5.41) is 0.731. The van der Waals surface area contributed by atoms with Crippen LogP contribution in [0.3, 0.4) is 0 Å². The molecule has 2 aromatic rings. The molecule has 1 aromatic heterocycles. The third-order valence-corrected chi connectivity index (χ3v) is 3.54. The van der Waals surface area contributed by atoms with Crippen LogP contribution in [-0.2, 0) is 4.74 Å². The van der Waals surface area contributed by atoms with E-state index < -0.39 is 0 Å². The highest BCUT2D eigenvalue weighted by Crippen LogP contribution is 2.28. The fraction of sp³-hybridized carbons (Fsp3) is 0.429. The van der Waals surface area contributed by atoms with Gasteiger partial charge in [0.2, 0.25) is 0 Å². The molecule has 0 saturated carbocycles. The maximum atomic E-state index is 13.6.